The lowest BCUT2D eigenvalue weighted by molar-refractivity contribution is -0.384. The van der Waals surface area contributed by atoms with Crippen molar-refractivity contribution >= 4 is 23.2 Å². The number of halogens is 1. The first-order chi connectivity index (χ1) is 10.5. The van der Waals surface area contributed by atoms with Gasteiger partial charge in [0, 0.05) is 35.8 Å². The minimum absolute atomic E-state index is 0.0329. The molecular weight excluding hydrogens is 304 g/mol. The SMILES string of the molecule is CCN(Cc1cccc(Cl)c1)C(=O)c1ccc([N+](=O)[O-])cc1. The molecule has 0 fully saturated rings. The van der Waals surface area contributed by atoms with Crippen LogP contribution in [0.1, 0.15) is 22.8 Å². The monoisotopic (exact) mass is 318 g/mol. The van der Waals surface area contributed by atoms with Gasteiger partial charge in [-0.05, 0) is 36.8 Å². The van der Waals surface area contributed by atoms with Crippen LogP contribution in [0.25, 0.3) is 0 Å². The molecule has 0 aliphatic carbocycles. The largest absolute Gasteiger partial charge is 0.335 e. The summed E-state index contributed by atoms with van der Waals surface area (Å²) in [4.78, 5) is 24.3. The smallest absolute Gasteiger partial charge is 0.269 e. The number of rotatable bonds is 5. The van der Waals surface area contributed by atoms with E-state index < -0.39 is 4.92 Å². The average molecular weight is 319 g/mol. The number of carbonyl (C=O) groups excluding carboxylic acids is 1. The molecule has 0 radical (unpaired) electrons. The number of benzene rings is 2. The van der Waals surface area contributed by atoms with Gasteiger partial charge < -0.3 is 4.90 Å². The fraction of sp³-hybridized carbons (Fsp3) is 0.188. The van der Waals surface area contributed by atoms with Gasteiger partial charge in [-0.1, -0.05) is 23.7 Å². The zero-order chi connectivity index (χ0) is 16.1. The van der Waals surface area contributed by atoms with Crippen LogP contribution in [0.5, 0.6) is 0 Å². The highest BCUT2D eigenvalue weighted by atomic mass is 35.5. The summed E-state index contributed by atoms with van der Waals surface area (Å²) >= 11 is 5.95. The first-order valence-corrected chi connectivity index (χ1v) is 7.17. The van der Waals surface area contributed by atoms with Crippen molar-refractivity contribution in [2.24, 2.45) is 0 Å². The number of non-ortho nitro benzene ring substituents is 1. The molecule has 0 N–H and O–H groups in total. The van der Waals surface area contributed by atoms with Crippen LogP contribution in [0, 0.1) is 10.1 Å². The van der Waals surface area contributed by atoms with Gasteiger partial charge in [0.25, 0.3) is 11.6 Å². The molecule has 2 aromatic carbocycles. The Labute approximate surface area is 133 Å². The van der Waals surface area contributed by atoms with Crippen molar-refractivity contribution in [3.8, 4) is 0 Å². The lowest BCUT2D eigenvalue weighted by Gasteiger charge is -2.21. The lowest BCUT2D eigenvalue weighted by Crippen LogP contribution is -2.30. The quantitative estimate of drug-likeness (QED) is 0.620. The Balaban J connectivity index is 2.16. The molecular formula is C16H15ClN2O3. The molecule has 0 spiro atoms. The van der Waals surface area contributed by atoms with E-state index in [0.29, 0.717) is 23.7 Å². The summed E-state index contributed by atoms with van der Waals surface area (Å²) in [6.07, 6.45) is 0. The van der Waals surface area contributed by atoms with Gasteiger partial charge >= 0.3 is 0 Å². The van der Waals surface area contributed by atoms with Crippen molar-refractivity contribution in [1.82, 2.24) is 4.90 Å². The van der Waals surface area contributed by atoms with Crippen LogP contribution >= 0.6 is 11.6 Å². The van der Waals surface area contributed by atoms with Crippen LogP contribution in [0.2, 0.25) is 5.02 Å². The average Bonchev–Trinajstić information content (AvgIpc) is 2.52. The molecule has 0 heterocycles. The van der Waals surface area contributed by atoms with E-state index in [0.717, 1.165) is 5.56 Å². The number of nitro benzene ring substituents is 1. The van der Waals surface area contributed by atoms with Gasteiger partial charge in [0.2, 0.25) is 0 Å². The normalized spacial score (nSPS) is 10.3. The van der Waals surface area contributed by atoms with Crippen molar-refractivity contribution in [3.63, 3.8) is 0 Å². The first-order valence-electron chi connectivity index (χ1n) is 6.79. The molecule has 0 aliphatic heterocycles. The molecule has 2 aromatic rings. The van der Waals surface area contributed by atoms with Gasteiger partial charge in [0.15, 0.2) is 0 Å². The summed E-state index contributed by atoms with van der Waals surface area (Å²) in [7, 11) is 0. The molecule has 0 aliphatic rings. The Kier molecular flexibility index (Phi) is 5.12. The zero-order valence-corrected chi connectivity index (χ0v) is 12.8. The van der Waals surface area contributed by atoms with E-state index in [-0.39, 0.29) is 11.6 Å². The van der Waals surface area contributed by atoms with Crippen molar-refractivity contribution < 1.29 is 9.72 Å². The Hall–Kier alpha value is -2.40. The summed E-state index contributed by atoms with van der Waals surface area (Å²) in [6.45, 7) is 2.85. The molecule has 2 rings (SSSR count). The molecule has 0 atom stereocenters. The third-order valence-corrected chi connectivity index (χ3v) is 3.49. The third-order valence-electron chi connectivity index (χ3n) is 3.26. The van der Waals surface area contributed by atoms with Crippen LogP contribution in [-0.2, 0) is 6.54 Å². The number of carbonyl (C=O) groups is 1. The van der Waals surface area contributed by atoms with Crippen LogP contribution < -0.4 is 0 Å². The molecule has 0 unspecified atom stereocenters. The number of hydrogen-bond donors (Lipinski definition) is 0. The molecule has 1 amide bonds. The van der Waals surface area contributed by atoms with Gasteiger partial charge in [-0.2, -0.15) is 0 Å². The predicted octanol–water partition coefficient (Wildman–Crippen LogP) is 3.91. The van der Waals surface area contributed by atoms with Crippen LogP contribution in [0.4, 0.5) is 5.69 Å². The Morgan fingerprint density at radius 2 is 1.91 bits per heavy atom. The summed E-state index contributed by atoms with van der Waals surface area (Å²) in [5.41, 5.74) is 1.33. The van der Waals surface area contributed by atoms with E-state index in [9.17, 15) is 14.9 Å². The topological polar surface area (TPSA) is 63.5 Å². The second-order valence-electron chi connectivity index (χ2n) is 4.75. The van der Waals surface area contributed by atoms with E-state index in [1.54, 1.807) is 11.0 Å². The second-order valence-corrected chi connectivity index (χ2v) is 5.19. The molecule has 114 valence electrons. The maximum atomic E-state index is 12.5. The Bertz CT molecular complexity index is 686. The standard InChI is InChI=1S/C16H15ClN2O3/c1-2-18(11-12-4-3-5-14(17)10-12)16(20)13-6-8-15(9-7-13)19(21)22/h3-10H,2,11H2,1H3. The molecule has 0 saturated carbocycles. The zero-order valence-electron chi connectivity index (χ0n) is 12.0. The van der Waals surface area contributed by atoms with Gasteiger partial charge in [-0.3, -0.25) is 14.9 Å². The van der Waals surface area contributed by atoms with Gasteiger partial charge in [0.1, 0.15) is 0 Å². The van der Waals surface area contributed by atoms with Gasteiger partial charge in [-0.25, -0.2) is 0 Å². The second kappa shape index (κ2) is 7.04. The highest BCUT2D eigenvalue weighted by Gasteiger charge is 2.16. The maximum absolute atomic E-state index is 12.5. The summed E-state index contributed by atoms with van der Waals surface area (Å²) in [5.74, 6) is -0.169. The van der Waals surface area contributed by atoms with Crippen molar-refractivity contribution in [2.45, 2.75) is 13.5 Å². The number of amides is 1. The summed E-state index contributed by atoms with van der Waals surface area (Å²) in [6, 6.07) is 12.9. The Morgan fingerprint density at radius 1 is 1.23 bits per heavy atom. The molecule has 0 bridgehead atoms. The molecule has 5 nitrogen and oxygen atoms in total. The van der Waals surface area contributed by atoms with Crippen LogP contribution in [0.3, 0.4) is 0 Å². The third kappa shape index (κ3) is 3.83. The minimum atomic E-state index is -0.488. The van der Waals surface area contributed by atoms with Crippen LogP contribution in [-0.4, -0.2) is 22.3 Å². The fourth-order valence-electron chi connectivity index (χ4n) is 2.09. The van der Waals surface area contributed by atoms with E-state index in [2.05, 4.69) is 0 Å². The fourth-order valence-corrected chi connectivity index (χ4v) is 2.30. The highest BCUT2D eigenvalue weighted by Crippen LogP contribution is 2.16. The van der Waals surface area contributed by atoms with Crippen LogP contribution in [0.15, 0.2) is 48.5 Å². The Morgan fingerprint density at radius 3 is 2.45 bits per heavy atom. The van der Waals surface area contributed by atoms with Crippen molar-refractivity contribution in [2.75, 3.05) is 6.54 Å². The summed E-state index contributed by atoms with van der Waals surface area (Å²) in [5, 5.41) is 11.3. The van der Waals surface area contributed by atoms with Crippen molar-refractivity contribution in [3.05, 3.63) is 74.8 Å². The summed E-state index contributed by atoms with van der Waals surface area (Å²) < 4.78 is 0. The molecule has 6 heteroatoms. The van der Waals surface area contributed by atoms with Crippen molar-refractivity contribution in [1.29, 1.82) is 0 Å². The van der Waals surface area contributed by atoms with Gasteiger partial charge in [-0.15, -0.1) is 0 Å². The lowest BCUT2D eigenvalue weighted by atomic mass is 10.1. The highest BCUT2D eigenvalue weighted by molar-refractivity contribution is 6.30. The molecule has 0 aromatic heterocycles. The van der Waals surface area contributed by atoms with E-state index >= 15 is 0 Å². The minimum Gasteiger partial charge on any atom is -0.335 e. The van der Waals surface area contributed by atoms with Gasteiger partial charge in [0.05, 0.1) is 4.92 Å². The van der Waals surface area contributed by atoms with E-state index in [1.165, 1.54) is 24.3 Å². The maximum Gasteiger partial charge on any atom is 0.269 e. The van der Waals surface area contributed by atoms with E-state index in [4.69, 9.17) is 11.6 Å². The predicted molar refractivity (Wildman–Crippen MR) is 85.0 cm³/mol. The first kappa shape index (κ1) is 16.0. The molecule has 0 saturated heterocycles. The number of nitro groups is 1. The van der Waals surface area contributed by atoms with E-state index in [1.807, 2.05) is 25.1 Å². The molecule has 22 heavy (non-hydrogen) atoms. The number of hydrogen-bond acceptors (Lipinski definition) is 3. The number of nitrogens with zero attached hydrogens (tertiary/aromatic N) is 2.